The highest BCUT2D eigenvalue weighted by Gasteiger charge is 2.24. The van der Waals surface area contributed by atoms with Crippen molar-refractivity contribution in [3.8, 4) is 6.07 Å². The zero-order valence-electron chi connectivity index (χ0n) is 15.8. The molecule has 0 bridgehead atoms. The van der Waals surface area contributed by atoms with Crippen LogP contribution in [0.3, 0.4) is 0 Å². The van der Waals surface area contributed by atoms with Gasteiger partial charge in [0.15, 0.2) is 0 Å². The molecule has 0 rings (SSSR count). The molecule has 0 heterocycles. The summed E-state index contributed by atoms with van der Waals surface area (Å²) in [5.74, 6) is 0.322. The van der Waals surface area contributed by atoms with Gasteiger partial charge < -0.3 is 5.11 Å². The summed E-state index contributed by atoms with van der Waals surface area (Å²) in [5, 5.41) is 17.9. The largest absolute Gasteiger partial charge is 0.481 e. The topological polar surface area (TPSA) is 61.1 Å². The molecule has 25 heavy (non-hydrogen) atoms. The Bertz CT molecular complexity index is 410. The number of hydrogen-bond donors (Lipinski definition) is 2. The van der Waals surface area contributed by atoms with E-state index in [-0.39, 0.29) is 6.42 Å². The van der Waals surface area contributed by atoms with Gasteiger partial charge in [-0.25, -0.2) is 0 Å². The molecule has 6 heteroatoms. The molecule has 0 aromatic rings. The number of thiol groups is 1. The number of carboxylic acid groups (broad SMARTS) is 1. The van der Waals surface area contributed by atoms with Crippen LogP contribution in [0.5, 0.6) is 0 Å². The summed E-state index contributed by atoms with van der Waals surface area (Å²) in [7, 11) is 3.05. The van der Waals surface area contributed by atoms with Crippen LogP contribution in [0.25, 0.3) is 0 Å². The summed E-state index contributed by atoms with van der Waals surface area (Å²) >= 11 is 1.47. The molecule has 0 amide bonds. The molecule has 0 aromatic heterocycles. The molecule has 0 spiro atoms. The van der Waals surface area contributed by atoms with E-state index < -0.39 is 10.7 Å². The molecule has 0 saturated carbocycles. The van der Waals surface area contributed by atoms with Crippen molar-refractivity contribution in [2.24, 2.45) is 0 Å². The molecule has 146 valence electrons. The van der Waals surface area contributed by atoms with Crippen LogP contribution >= 0.6 is 32.9 Å². The van der Waals surface area contributed by atoms with E-state index in [0.29, 0.717) is 6.42 Å². The molecule has 1 unspecified atom stereocenters. The summed E-state index contributed by atoms with van der Waals surface area (Å²) in [6, 6.07) is 2.24. The van der Waals surface area contributed by atoms with Gasteiger partial charge in [0.1, 0.15) is 4.75 Å². The zero-order valence-corrected chi connectivity index (χ0v) is 18.4. The molecule has 0 fully saturated rings. The van der Waals surface area contributed by atoms with E-state index in [1.54, 1.807) is 0 Å². The minimum absolute atomic E-state index is 0.0491. The lowest BCUT2D eigenvalue weighted by molar-refractivity contribution is -0.137. The number of carbonyl (C=O) groups is 1. The summed E-state index contributed by atoms with van der Waals surface area (Å²) in [4.78, 5) is 10.6. The first-order valence-electron chi connectivity index (χ1n) is 9.48. The van der Waals surface area contributed by atoms with Crippen LogP contribution < -0.4 is 0 Å². The smallest absolute Gasteiger partial charge is 0.303 e. The normalized spacial score (nSPS) is 14.0. The number of thioether (sulfide) groups is 1. The van der Waals surface area contributed by atoms with Crippen LogP contribution in [0, 0.1) is 11.3 Å². The molecular weight excluding hydrogens is 370 g/mol. The van der Waals surface area contributed by atoms with Crippen molar-refractivity contribution in [3.63, 3.8) is 0 Å². The third-order valence-electron chi connectivity index (χ3n) is 4.07. The van der Waals surface area contributed by atoms with E-state index in [4.69, 9.17) is 5.11 Å². The van der Waals surface area contributed by atoms with Gasteiger partial charge in [0.2, 0.25) is 0 Å². The Balaban J connectivity index is 3.51. The number of rotatable bonds is 17. The molecule has 0 aliphatic carbocycles. The highest BCUT2D eigenvalue weighted by atomic mass is 33.1. The van der Waals surface area contributed by atoms with E-state index in [1.807, 2.05) is 22.4 Å². The first-order chi connectivity index (χ1) is 12.0. The van der Waals surface area contributed by atoms with Crippen LogP contribution in [0.4, 0.5) is 0 Å². The third kappa shape index (κ3) is 17.1. The molecule has 0 aromatic carbocycles. The van der Waals surface area contributed by atoms with Gasteiger partial charge in [-0.15, -0.1) is 32.9 Å². The maximum Gasteiger partial charge on any atom is 0.303 e. The number of hydrogen-bond acceptors (Lipinski definition) is 4. The molecule has 0 radical (unpaired) electrons. The van der Waals surface area contributed by atoms with Crippen molar-refractivity contribution in [3.05, 3.63) is 0 Å². The number of aliphatic carboxylic acids is 1. The lowest BCUT2D eigenvalue weighted by atomic mass is 10.1. The predicted octanol–water partition coefficient (Wildman–Crippen LogP) is 6.66. The Morgan fingerprint density at radius 3 is 2.20 bits per heavy atom. The lowest BCUT2D eigenvalue weighted by Crippen LogP contribution is -2.18. The number of nitrogens with zero attached hydrogens (tertiary/aromatic N) is 1. The highest BCUT2D eigenvalue weighted by Crippen LogP contribution is 2.30. The summed E-state index contributed by atoms with van der Waals surface area (Å²) in [5.41, 5.74) is 0. The average molecular weight is 406 g/mol. The molecule has 0 aliphatic heterocycles. The van der Waals surface area contributed by atoms with E-state index in [1.165, 1.54) is 86.4 Å². The van der Waals surface area contributed by atoms with Crippen molar-refractivity contribution in [1.29, 1.82) is 5.26 Å². The first kappa shape index (κ1) is 24.9. The second-order valence-corrected chi connectivity index (χ2v) is 10.8. The van der Waals surface area contributed by atoms with Crippen molar-refractivity contribution < 1.29 is 9.90 Å². The second kappa shape index (κ2) is 17.3. The highest BCUT2D eigenvalue weighted by molar-refractivity contribution is 8.77. The van der Waals surface area contributed by atoms with Gasteiger partial charge in [-0.1, -0.05) is 64.7 Å². The first-order valence-corrected chi connectivity index (χ1v) is 12.9. The fourth-order valence-corrected chi connectivity index (χ4v) is 6.06. The van der Waals surface area contributed by atoms with E-state index >= 15 is 0 Å². The molecule has 1 N–H and O–H groups in total. The fourth-order valence-electron chi connectivity index (χ4n) is 2.36. The van der Waals surface area contributed by atoms with Gasteiger partial charge in [0.25, 0.3) is 0 Å². The van der Waals surface area contributed by atoms with Crippen LogP contribution in [0.1, 0.15) is 90.9 Å². The molecule has 3 nitrogen and oxygen atoms in total. The molecule has 0 aliphatic rings. The van der Waals surface area contributed by atoms with Crippen LogP contribution in [0.2, 0.25) is 0 Å². The molecule has 0 saturated heterocycles. The monoisotopic (exact) mass is 405 g/mol. The number of nitriles is 1. The van der Waals surface area contributed by atoms with E-state index in [2.05, 4.69) is 13.0 Å². The Kier molecular flexibility index (Phi) is 17.2. The predicted molar refractivity (Wildman–Crippen MR) is 118 cm³/mol. The minimum Gasteiger partial charge on any atom is -0.481 e. The van der Waals surface area contributed by atoms with Crippen molar-refractivity contribution in [2.45, 2.75) is 95.6 Å². The Labute approximate surface area is 166 Å². The lowest BCUT2D eigenvalue weighted by Gasteiger charge is -2.17. The quantitative estimate of drug-likeness (QED) is 0.123. The minimum atomic E-state index is -0.838. The van der Waals surface area contributed by atoms with Crippen molar-refractivity contribution in [2.75, 3.05) is 5.75 Å². The second-order valence-electron chi connectivity index (χ2n) is 6.58. The van der Waals surface area contributed by atoms with Gasteiger partial charge in [-0.2, -0.15) is 5.26 Å². The van der Waals surface area contributed by atoms with Gasteiger partial charge in [0, 0.05) is 16.9 Å². The van der Waals surface area contributed by atoms with Crippen LogP contribution in [-0.2, 0) is 4.79 Å². The Hall–Kier alpha value is -0.120. The number of unbranched alkanes of at least 4 members (excludes halogenated alkanes) is 9. The van der Waals surface area contributed by atoms with Gasteiger partial charge in [-0.05, 0) is 19.8 Å². The Morgan fingerprint density at radius 2 is 1.68 bits per heavy atom. The fraction of sp³-hybridized carbons (Fsp3) is 0.842. The van der Waals surface area contributed by atoms with E-state index in [0.717, 1.165) is 5.75 Å². The Morgan fingerprint density at radius 1 is 1.12 bits per heavy atom. The molecule has 1 atom stereocenters. The maximum atomic E-state index is 10.6. The van der Waals surface area contributed by atoms with Crippen molar-refractivity contribution in [1.82, 2.24) is 0 Å². The van der Waals surface area contributed by atoms with Crippen LogP contribution in [0.15, 0.2) is 0 Å². The molecular formula is C19H35NO2S3. The van der Waals surface area contributed by atoms with Gasteiger partial charge in [-0.3, -0.25) is 4.79 Å². The SMILES string of the molecule is CCCCCCCCCCCCS[SH]=CSC(C)(C#N)CCC(=O)O. The van der Waals surface area contributed by atoms with Gasteiger partial charge >= 0.3 is 5.97 Å². The van der Waals surface area contributed by atoms with Gasteiger partial charge in [0.05, 0.1) is 6.07 Å². The van der Waals surface area contributed by atoms with Crippen LogP contribution in [-0.4, -0.2) is 26.3 Å². The zero-order chi connectivity index (χ0) is 18.8. The maximum absolute atomic E-state index is 10.6. The third-order valence-corrected chi connectivity index (χ3v) is 8.04. The number of carboxylic acids is 1. The summed E-state index contributed by atoms with van der Waals surface area (Å²) in [6.07, 6.45) is 14.1. The van der Waals surface area contributed by atoms with E-state index in [9.17, 15) is 10.1 Å². The summed E-state index contributed by atoms with van der Waals surface area (Å²) in [6.45, 7) is 4.08. The standard InChI is InChI=1S/C19H35NO2S3/c1-3-4-5-6-7-8-9-10-11-12-15-24-25-17-23-19(2,16-20)14-13-18(21)22/h17,25H,3-15H2,1-2H3,(H,21,22). The average Bonchev–Trinajstić information content (AvgIpc) is 2.60. The summed E-state index contributed by atoms with van der Waals surface area (Å²) < 4.78 is 1.41. The van der Waals surface area contributed by atoms with Crippen molar-refractivity contribution >= 4 is 43.6 Å².